The van der Waals surface area contributed by atoms with Crippen molar-refractivity contribution in [3.8, 4) is 0 Å². The van der Waals surface area contributed by atoms with E-state index < -0.39 is 15.6 Å². The Morgan fingerprint density at radius 2 is 2.05 bits per heavy atom. The van der Waals surface area contributed by atoms with Crippen LogP contribution in [0.3, 0.4) is 0 Å². The topological polar surface area (TPSA) is 79.3 Å². The summed E-state index contributed by atoms with van der Waals surface area (Å²) in [6.07, 6.45) is 0.454. The molecular formula is C14H17ClN2O3S. The lowest BCUT2D eigenvalue weighted by Gasteiger charge is -2.21. The van der Waals surface area contributed by atoms with E-state index in [0.717, 1.165) is 0 Å². The Labute approximate surface area is 129 Å². The second-order valence-electron chi connectivity index (χ2n) is 5.16. The SMILES string of the molecule is CCC(C)(O)CNS(=O)(=O)c1ccc2nc(Cl)ccc2c1. The van der Waals surface area contributed by atoms with Crippen molar-refractivity contribution in [2.24, 2.45) is 0 Å². The molecule has 0 spiro atoms. The van der Waals surface area contributed by atoms with Crippen molar-refractivity contribution >= 4 is 32.5 Å². The molecule has 7 heteroatoms. The molecule has 2 rings (SSSR count). The number of aliphatic hydroxyl groups is 1. The van der Waals surface area contributed by atoms with Crippen LogP contribution in [0.1, 0.15) is 20.3 Å². The Balaban J connectivity index is 2.30. The molecule has 114 valence electrons. The highest BCUT2D eigenvalue weighted by Gasteiger charge is 2.22. The number of sulfonamides is 1. The first-order valence-electron chi connectivity index (χ1n) is 6.52. The van der Waals surface area contributed by atoms with Crippen molar-refractivity contribution < 1.29 is 13.5 Å². The first kappa shape index (κ1) is 16.2. The van der Waals surface area contributed by atoms with Gasteiger partial charge in [-0.2, -0.15) is 0 Å². The largest absolute Gasteiger partial charge is 0.389 e. The number of fused-ring (bicyclic) bond motifs is 1. The number of aromatic nitrogens is 1. The van der Waals surface area contributed by atoms with Gasteiger partial charge in [0, 0.05) is 11.9 Å². The minimum absolute atomic E-state index is 0.0390. The first-order valence-corrected chi connectivity index (χ1v) is 8.38. The zero-order valence-electron chi connectivity index (χ0n) is 11.8. The summed E-state index contributed by atoms with van der Waals surface area (Å²) in [5.41, 5.74) is -0.444. The summed E-state index contributed by atoms with van der Waals surface area (Å²) >= 11 is 5.79. The molecule has 0 aliphatic rings. The van der Waals surface area contributed by atoms with Gasteiger partial charge in [0.1, 0.15) is 5.15 Å². The maximum absolute atomic E-state index is 12.2. The Bertz CT molecular complexity index is 760. The third-order valence-electron chi connectivity index (χ3n) is 3.34. The summed E-state index contributed by atoms with van der Waals surface area (Å²) in [4.78, 5) is 4.24. The number of nitrogens with zero attached hydrogens (tertiary/aromatic N) is 1. The summed E-state index contributed by atoms with van der Waals surface area (Å²) in [6, 6.07) is 7.92. The van der Waals surface area contributed by atoms with Gasteiger partial charge in [-0.25, -0.2) is 18.1 Å². The zero-order valence-corrected chi connectivity index (χ0v) is 13.4. The highest BCUT2D eigenvalue weighted by molar-refractivity contribution is 7.89. The number of halogens is 1. The molecule has 0 aliphatic heterocycles. The third-order valence-corrected chi connectivity index (χ3v) is 4.95. The number of rotatable bonds is 5. The van der Waals surface area contributed by atoms with E-state index in [1.54, 1.807) is 32.0 Å². The molecule has 0 saturated carbocycles. The lowest BCUT2D eigenvalue weighted by atomic mass is 10.1. The predicted molar refractivity (Wildman–Crippen MR) is 82.9 cm³/mol. The molecule has 0 fully saturated rings. The molecule has 0 amide bonds. The molecule has 0 aliphatic carbocycles. The van der Waals surface area contributed by atoms with Crippen LogP contribution in [0.4, 0.5) is 0 Å². The normalized spacial score (nSPS) is 15.0. The minimum atomic E-state index is -3.68. The van der Waals surface area contributed by atoms with Gasteiger partial charge >= 0.3 is 0 Å². The quantitative estimate of drug-likeness (QED) is 0.826. The van der Waals surface area contributed by atoms with Crippen molar-refractivity contribution in [1.82, 2.24) is 9.71 Å². The van der Waals surface area contributed by atoms with E-state index in [4.69, 9.17) is 11.6 Å². The van der Waals surface area contributed by atoms with Crippen molar-refractivity contribution in [3.63, 3.8) is 0 Å². The second-order valence-corrected chi connectivity index (χ2v) is 7.32. The highest BCUT2D eigenvalue weighted by atomic mass is 35.5. The van der Waals surface area contributed by atoms with Crippen molar-refractivity contribution in [2.75, 3.05) is 6.54 Å². The van der Waals surface area contributed by atoms with Gasteiger partial charge in [0.25, 0.3) is 0 Å². The van der Waals surface area contributed by atoms with Gasteiger partial charge in [-0.15, -0.1) is 0 Å². The van der Waals surface area contributed by atoms with Gasteiger partial charge in [-0.1, -0.05) is 18.5 Å². The van der Waals surface area contributed by atoms with Crippen LogP contribution >= 0.6 is 11.6 Å². The van der Waals surface area contributed by atoms with Crippen LogP contribution in [-0.4, -0.2) is 30.7 Å². The van der Waals surface area contributed by atoms with E-state index in [-0.39, 0.29) is 11.4 Å². The number of nitrogens with one attached hydrogen (secondary N) is 1. The van der Waals surface area contributed by atoms with Gasteiger partial charge in [0.2, 0.25) is 10.0 Å². The minimum Gasteiger partial charge on any atom is -0.389 e. The van der Waals surface area contributed by atoms with Crippen LogP contribution < -0.4 is 4.72 Å². The van der Waals surface area contributed by atoms with Crippen molar-refractivity contribution in [2.45, 2.75) is 30.8 Å². The summed E-state index contributed by atoms with van der Waals surface area (Å²) in [6.45, 7) is 3.34. The van der Waals surface area contributed by atoms with Crippen LogP contribution in [0.15, 0.2) is 35.2 Å². The fraction of sp³-hybridized carbons (Fsp3) is 0.357. The smallest absolute Gasteiger partial charge is 0.240 e. The number of pyridine rings is 1. The standard InChI is InChI=1S/C14H17ClN2O3S/c1-3-14(2,18)9-16-21(19,20)11-5-6-12-10(8-11)4-7-13(15)17-12/h4-8,16,18H,3,9H2,1-2H3. The van der Waals surface area contributed by atoms with Crippen LogP contribution in [-0.2, 0) is 10.0 Å². The van der Waals surface area contributed by atoms with Crippen molar-refractivity contribution in [1.29, 1.82) is 0 Å². The molecule has 1 aromatic heterocycles. The van der Waals surface area contributed by atoms with Crippen LogP contribution in [0, 0.1) is 0 Å². The molecule has 1 heterocycles. The second kappa shape index (κ2) is 5.88. The molecular weight excluding hydrogens is 312 g/mol. The maximum atomic E-state index is 12.2. The lowest BCUT2D eigenvalue weighted by molar-refractivity contribution is 0.0613. The molecule has 21 heavy (non-hydrogen) atoms. The average molecular weight is 329 g/mol. The summed E-state index contributed by atoms with van der Waals surface area (Å²) in [7, 11) is -3.68. The molecule has 1 atom stereocenters. The third kappa shape index (κ3) is 3.91. The molecule has 0 bridgehead atoms. The summed E-state index contributed by atoms with van der Waals surface area (Å²) < 4.78 is 26.9. The Kier molecular flexibility index (Phi) is 4.53. The van der Waals surface area contributed by atoms with Gasteiger partial charge in [-0.3, -0.25) is 0 Å². The number of benzene rings is 1. The van der Waals surface area contributed by atoms with Gasteiger partial charge < -0.3 is 5.11 Å². The van der Waals surface area contributed by atoms with Crippen LogP contribution in [0.2, 0.25) is 5.15 Å². The van der Waals surface area contributed by atoms with E-state index in [9.17, 15) is 13.5 Å². The fourth-order valence-electron chi connectivity index (χ4n) is 1.70. The predicted octanol–water partition coefficient (Wildman–Crippen LogP) is 2.33. The molecule has 1 aromatic carbocycles. The molecule has 5 nitrogen and oxygen atoms in total. The molecule has 0 radical (unpaired) electrons. The average Bonchev–Trinajstić information content (AvgIpc) is 2.45. The Morgan fingerprint density at radius 1 is 1.33 bits per heavy atom. The Morgan fingerprint density at radius 3 is 2.71 bits per heavy atom. The monoisotopic (exact) mass is 328 g/mol. The number of hydrogen-bond acceptors (Lipinski definition) is 4. The van der Waals surface area contributed by atoms with E-state index in [0.29, 0.717) is 22.5 Å². The van der Waals surface area contributed by atoms with Crippen LogP contribution in [0.25, 0.3) is 10.9 Å². The molecule has 2 aromatic rings. The molecule has 2 N–H and O–H groups in total. The lowest BCUT2D eigenvalue weighted by Crippen LogP contribution is -2.40. The summed E-state index contributed by atoms with van der Waals surface area (Å²) in [5.74, 6) is 0. The molecule has 0 saturated heterocycles. The highest BCUT2D eigenvalue weighted by Crippen LogP contribution is 2.20. The fourth-order valence-corrected chi connectivity index (χ4v) is 3.06. The van der Waals surface area contributed by atoms with Gasteiger partial charge in [-0.05, 0) is 43.7 Å². The first-order chi connectivity index (χ1) is 9.73. The zero-order chi connectivity index (χ0) is 15.7. The van der Waals surface area contributed by atoms with E-state index in [2.05, 4.69) is 9.71 Å². The van der Waals surface area contributed by atoms with E-state index >= 15 is 0 Å². The van der Waals surface area contributed by atoms with Gasteiger partial charge in [0.15, 0.2) is 0 Å². The number of hydrogen-bond donors (Lipinski definition) is 2. The van der Waals surface area contributed by atoms with Crippen molar-refractivity contribution in [3.05, 3.63) is 35.5 Å². The van der Waals surface area contributed by atoms with Gasteiger partial charge in [0.05, 0.1) is 16.0 Å². The van der Waals surface area contributed by atoms with E-state index in [1.165, 1.54) is 12.1 Å². The summed E-state index contributed by atoms with van der Waals surface area (Å²) in [5, 5.41) is 10.9. The Hall–Kier alpha value is -1.21. The van der Waals surface area contributed by atoms with Crippen LogP contribution in [0.5, 0.6) is 0 Å². The molecule has 1 unspecified atom stereocenters. The maximum Gasteiger partial charge on any atom is 0.240 e. The van der Waals surface area contributed by atoms with E-state index in [1.807, 2.05) is 0 Å².